The third-order valence-corrected chi connectivity index (χ3v) is 5.02. The molecule has 3 aromatic rings. The summed E-state index contributed by atoms with van der Waals surface area (Å²) < 4.78 is 0. The Morgan fingerprint density at radius 3 is 2.58 bits per heavy atom. The van der Waals surface area contributed by atoms with Crippen LogP contribution in [0.25, 0.3) is 10.6 Å². The van der Waals surface area contributed by atoms with Gasteiger partial charge in [0.15, 0.2) is 0 Å². The van der Waals surface area contributed by atoms with Crippen molar-refractivity contribution in [3.05, 3.63) is 76.3 Å². The van der Waals surface area contributed by atoms with E-state index < -0.39 is 6.10 Å². The van der Waals surface area contributed by atoms with E-state index in [-0.39, 0.29) is 12.5 Å². The number of carbonyl (C=O) groups excluding carboxylic acids is 1. The number of carbonyl (C=O) groups is 1. The Kier molecular flexibility index (Phi) is 6.04. The molecular formula is C20H19ClN2O2S. The van der Waals surface area contributed by atoms with Gasteiger partial charge in [0, 0.05) is 24.0 Å². The second-order valence-corrected chi connectivity index (χ2v) is 7.30. The minimum Gasteiger partial charge on any atom is -0.392 e. The summed E-state index contributed by atoms with van der Waals surface area (Å²) in [7, 11) is 0. The first-order valence-corrected chi connectivity index (χ1v) is 9.52. The van der Waals surface area contributed by atoms with Gasteiger partial charge in [-0.15, -0.1) is 11.3 Å². The maximum Gasteiger partial charge on any atom is 0.273 e. The Labute approximate surface area is 161 Å². The summed E-state index contributed by atoms with van der Waals surface area (Å²) in [4.78, 5) is 19.0. The summed E-state index contributed by atoms with van der Waals surface area (Å²) in [5.41, 5.74) is 2.17. The largest absolute Gasteiger partial charge is 0.392 e. The van der Waals surface area contributed by atoms with Gasteiger partial charge in [0.2, 0.25) is 0 Å². The maximum atomic E-state index is 12.9. The molecule has 1 amide bonds. The average Bonchev–Trinajstić information content (AvgIpc) is 3.11. The Morgan fingerprint density at radius 1 is 1.19 bits per heavy atom. The van der Waals surface area contributed by atoms with E-state index in [1.165, 1.54) is 11.3 Å². The smallest absolute Gasteiger partial charge is 0.273 e. The predicted octanol–water partition coefficient (Wildman–Crippen LogP) is 4.49. The molecule has 0 fully saturated rings. The summed E-state index contributed by atoms with van der Waals surface area (Å²) in [6, 6.07) is 17.1. The zero-order valence-corrected chi connectivity index (χ0v) is 15.9. The Bertz CT molecular complexity index is 880. The van der Waals surface area contributed by atoms with Crippen molar-refractivity contribution < 1.29 is 9.90 Å². The lowest BCUT2D eigenvalue weighted by Gasteiger charge is -2.23. The number of hydrogen-bond donors (Lipinski definition) is 1. The van der Waals surface area contributed by atoms with Crippen LogP contribution in [-0.2, 0) is 6.54 Å². The van der Waals surface area contributed by atoms with Crippen molar-refractivity contribution in [2.75, 3.05) is 6.54 Å². The molecular weight excluding hydrogens is 368 g/mol. The second kappa shape index (κ2) is 8.45. The van der Waals surface area contributed by atoms with Crippen LogP contribution >= 0.6 is 22.9 Å². The van der Waals surface area contributed by atoms with Gasteiger partial charge in [0.05, 0.1) is 11.1 Å². The van der Waals surface area contributed by atoms with Gasteiger partial charge in [-0.1, -0.05) is 60.1 Å². The van der Waals surface area contributed by atoms with Crippen LogP contribution in [0.1, 0.15) is 23.0 Å². The molecule has 26 heavy (non-hydrogen) atoms. The predicted molar refractivity (Wildman–Crippen MR) is 105 cm³/mol. The fourth-order valence-electron chi connectivity index (χ4n) is 2.63. The first-order valence-electron chi connectivity index (χ1n) is 8.26. The molecule has 0 bridgehead atoms. The molecule has 0 saturated carbocycles. The number of halogens is 1. The van der Waals surface area contributed by atoms with Gasteiger partial charge >= 0.3 is 0 Å². The average molecular weight is 387 g/mol. The van der Waals surface area contributed by atoms with E-state index in [2.05, 4.69) is 4.98 Å². The van der Waals surface area contributed by atoms with Crippen molar-refractivity contribution in [3.8, 4) is 10.6 Å². The van der Waals surface area contributed by atoms with E-state index in [4.69, 9.17) is 11.6 Å². The molecule has 0 spiro atoms. The van der Waals surface area contributed by atoms with E-state index in [0.717, 1.165) is 11.1 Å². The van der Waals surface area contributed by atoms with Crippen molar-refractivity contribution in [1.29, 1.82) is 0 Å². The number of aliphatic hydroxyl groups is 1. The number of rotatable bonds is 6. The highest BCUT2D eigenvalue weighted by atomic mass is 35.5. The van der Waals surface area contributed by atoms with E-state index >= 15 is 0 Å². The molecule has 0 aliphatic heterocycles. The summed E-state index contributed by atoms with van der Waals surface area (Å²) in [5.74, 6) is -0.204. The number of benzene rings is 2. The number of amides is 1. The molecule has 0 saturated heterocycles. The highest BCUT2D eigenvalue weighted by molar-refractivity contribution is 7.13. The van der Waals surface area contributed by atoms with Gasteiger partial charge in [-0.2, -0.15) is 0 Å². The Hall–Kier alpha value is -2.21. The number of nitrogens with zero attached hydrogens (tertiary/aromatic N) is 2. The standard InChI is InChI=1S/C20H19ClN2O2S/c1-14(24)11-23(12-15-7-3-2-4-8-15)20(25)18-13-26-19(22-18)16-9-5-6-10-17(16)21/h2-10,13-14,24H,11-12H2,1H3. The van der Waals surface area contributed by atoms with Crippen LogP contribution in [0.15, 0.2) is 60.0 Å². The number of thiazole rings is 1. The van der Waals surface area contributed by atoms with Gasteiger partial charge in [-0.3, -0.25) is 4.79 Å². The molecule has 0 aliphatic rings. The quantitative estimate of drug-likeness (QED) is 0.679. The molecule has 1 atom stereocenters. The van der Waals surface area contributed by atoms with Gasteiger partial charge in [-0.25, -0.2) is 4.98 Å². The molecule has 3 rings (SSSR count). The normalized spacial score (nSPS) is 12.0. The van der Waals surface area contributed by atoms with Gasteiger partial charge in [-0.05, 0) is 18.6 Å². The lowest BCUT2D eigenvalue weighted by Crippen LogP contribution is -2.36. The second-order valence-electron chi connectivity index (χ2n) is 6.04. The molecule has 2 aromatic carbocycles. The van der Waals surface area contributed by atoms with Crippen LogP contribution in [0.5, 0.6) is 0 Å². The van der Waals surface area contributed by atoms with Crippen LogP contribution < -0.4 is 0 Å². The van der Waals surface area contributed by atoms with Crippen molar-refractivity contribution in [3.63, 3.8) is 0 Å². The molecule has 0 radical (unpaired) electrons. The number of hydrogen-bond acceptors (Lipinski definition) is 4. The molecule has 4 nitrogen and oxygen atoms in total. The molecule has 1 N–H and O–H groups in total. The van der Waals surface area contributed by atoms with E-state index in [1.807, 2.05) is 48.5 Å². The third-order valence-electron chi connectivity index (χ3n) is 3.82. The van der Waals surface area contributed by atoms with Crippen molar-refractivity contribution in [1.82, 2.24) is 9.88 Å². The minimum atomic E-state index is -0.621. The Morgan fingerprint density at radius 2 is 1.88 bits per heavy atom. The van der Waals surface area contributed by atoms with Crippen LogP contribution in [-0.4, -0.2) is 33.5 Å². The van der Waals surface area contributed by atoms with E-state index in [0.29, 0.717) is 22.3 Å². The summed E-state index contributed by atoms with van der Waals surface area (Å²) >= 11 is 7.61. The van der Waals surface area contributed by atoms with E-state index in [1.54, 1.807) is 23.3 Å². The first-order chi connectivity index (χ1) is 12.5. The fraction of sp³-hybridized carbons (Fsp3) is 0.200. The fourth-order valence-corrected chi connectivity index (χ4v) is 3.75. The lowest BCUT2D eigenvalue weighted by atomic mass is 10.2. The molecule has 1 heterocycles. The zero-order chi connectivity index (χ0) is 18.5. The number of aliphatic hydroxyl groups excluding tert-OH is 1. The molecule has 1 unspecified atom stereocenters. The topological polar surface area (TPSA) is 53.4 Å². The zero-order valence-electron chi connectivity index (χ0n) is 14.3. The summed E-state index contributed by atoms with van der Waals surface area (Å²) in [5, 5.41) is 12.8. The number of aromatic nitrogens is 1. The van der Waals surface area contributed by atoms with Crippen LogP contribution in [0, 0.1) is 0 Å². The van der Waals surface area contributed by atoms with Crippen LogP contribution in [0.2, 0.25) is 5.02 Å². The SMILES string of the molecule is CC(O)CN(Cc1ccccc1)C(=O)c1csc(-c2ccccc2Cl)n1. The van der Waals surface area contributed by atoms with Crippen molar-refractivity contribution in [2.45, 2.75) is 19.6 Å². The first kappa shape index (κ1) is 18.6. The van der Waals surface area contributed by atoms with Gasteiger partial charge in [0.25, 0.3) is 5.91 Å². The van der Waals surface area contributed by atoms with Crippen LogP contribution in [0.4, 0.5) is 0 Å². The molecule has 0 aliphatic carbocycles. The lowest BCUT2D eigenvalue weighted by molar-refractivity contribution is 0.0626. The molecule has 1 aromatic heterocycles. The highest BCUT2D eigenvalue weighted by Gasteiger charge is 2.21. The summed E-state index contributed by atoms with van der Waals surface area (Å²) in [6.07, 6.45) is -0.621. The van der Waals surface area contributed by atoms with Crippen molar-refractivity contribution >= 4 is 28.8 Å². The molecule has 6 heteroatoms. The van der Waals surface area contributed by atoms with Crippen LogP contribution in [0.3, 0.4) is 0 Å². The highest BCUT2D eigenvalue weighted by Crippen LogP contribution is 2.30. The van der Waals surface area contributed by atoms with Crippen molar-refractivity contribution in [2.24, 2.45) is 0 Å². The molecule has 134 valence electrons. The monoisotopic (exact) mass is 386 g/mol. The van der Waals surface area contributed by atoms with Gasteiger partial charge in [0.1, 0.15) is 10.7 Å². The summed E-state index contributed by atoms with van der Waals surface area (Å²) in [6.45, 7) is 2.33. The van der Waals surface area contributed by atoms with Gasteiger partial charge < -0.3 is 10.0 Å². The Balaban J connectivity index is 1.84. The third kappa shape index (κ3) is 4.49. The minimum absolute atomic E-state index is 0.204. The maximum absolute atomic E-state index is 12.9. The van der Waals surface area contributed by atoms with E-state index in [9.17, 15) is 9.90 Å².